The molecule has 1 N–H and O–H groups in total. The van der Waals surface area contributed by atoms with E-state index in [0.717, 1.165) is 18.2 Å². The van der Waals surface area contributed by atoms with Crippen molar-refractivity contribution >= 4 is 21.6 Å². The summed E-state index contributed by atoms with van der Waals surface area (Å²) >= 11 is 5.77. The molecule has 0 aliphatic carbocycles. The number of aromatic nitrogens is 1. The van der Waals surface area contributed by atoms with E-state index in [1.165, 1.54) is 0 Å². The summed E-state index contributed by atoms with van der Waals surface area (Å²) < 4.78 is 39.8. The lowest BCUT2D eigenvalue weighted by atomic mass is 10.2. The lowest BCUT2D eigenvalue weighted by Gasteiger charge is -2.15. The number of hydrogen-bond acceptors (Lipinski definition) is 3. The number of sulfonamides is 1. The summed E-state index contributed by atoms with van der Waals surface area (Å²) in [5.74, 6) is -0.589. The largest absolute Gasteiger partial charge is 0.264 e. The van der Waals surface area contributed by atoms with Gasteiger partial charge in [-0.25, -0.2) is 17.5 Å². The van der Waals surface area contributed by atoms with Crippen LogP contribution in [0.25, 0.3) is 0 Å². The summed E-state index contributed by atoms with van der Waals surface area (Å²) in [6.45, 7) is 1.69. The summed E-state index contributed by atoms with van der Waals surface area (Å²) in [6, 6.07) is 6.14. The summed E-state index contributed by atoms with van der Waals surface area (Å²) in [5.41, 5.74) is 0.717. The van der Waals surface area contributed by atoms with Gasteiger partial charge in [-0.05, 0) is 36.8 Å². The molecular formula is C13H12ClFN2O2S. The molecule has 1 heterocycles. The molecule has 106 valence electrons. The minimum atomic E-state index is -3.83. The van der Waals surface area contributed by atoms with Gasteiger partial charge in [0.25, 0.3) is 0 Å². The zero-order valence-electron chi connectivity index (χ0n) is 10.5. The molecule has 1 aromatic heterocycles. The molecule has 0 radical (unpaired) electrons. The van der Waals surface area contributed by atoms with Crippen LogP contribution in [-0.4, -0.2) is 13.4 Å². The van der Waals surface area contributed by atoms with Gasteiger partial charge in [-0.1, -0.05) is 17.7 Å². The maximum absolute atomic E-state index is 13.0. The standard InChI is InChI=1S/C13H12ClFN2O2S/c1-9(10-3-2-6-16-8-10)17-20(18,19)13-5-4-11(15)7-12(13)14/h2-9,17H,1H3. The van der Waals surface area contributed by atoms with Crippen molar-refractivity contribution in [2.75, 3.05) is 0 Å². The number of benzene rings is 1. The smallest absolute Gasteiger partial charge is 0.242 e. The van der Waals surface area contributed by atoms with Crippen LogP contribution < -0.4 is 4.72 Å². The first-order chi connectivity index (χ1) is 9.40. The van der Waals surface area contributed by atoms with E-state index in [2.05, 4.69) is 9.71 Å². The third-order valence-electron chi connectivity index (χ3n) is 2.70. The summed E-state index contributed by atoms with van der Waals surface area (Å²) in [7, 11) is -3.83. The second-order valence-electron chi connectivity index (χ2n) is 4.20. The van der Waals surface area contributed by atoms with E-state index in [1.807, 2.05) is 0 Å². The number of rotatable bonds is 4. The average Bonchev–Trinajstić information content (AvgIpc) is 2.38. The zero-order chi connectivity index (χ0) is 14.8. The Kier molecular flexibility index (Phi) is 4.37. The first-order valence-corrected chi connectivity index (χ1v) is 7.63. The second kappa shape index (κ2) is 5.87. The van der Waals surface area contributed by atoms with Crippen LogP contribution >= 0.6 is 11.6 Å². The number of hydrogen-bond donors (Lipinski definition) is 1. The van der Waals surface area contributed by atoms with E-state index in [9.17, 15) is 12.8 Å². The maximum atomic E-state index is 13.0. The van der Waals surface area contributed by atoms with Crippen molar-refractivity contribution in [2.45, 2.75) is 17.9 Å². The van der Waals surface area contributed by atoms with E-state index >= 15 is 0 Å². The Morgan fingerprint density at radius 2 is 2.10 bits per heavy atom. The van der Waals surface area contributed by atoms with E-state index < -0.39 is 21.9 Å². The number of nitrogens with one attached hydrogen (secondary N) is 1. The van der Waals surface area contributed by atoms with Crippen molar-refractivity contribution in [3.05, 3.63) is 59.1 Å². The fraction of sp³-hybridized carbons (Fsp3) is 0.154. The molecule has 2 aromatic rings. The zero-order valence-corrected chi connectivity index (χ0v) is 12.1. The highest BCUT2D eigenvalue weighted by Gasteiger charge is 2.21. The summed E-state index contributed by atoms with van der Waals surface area (Å²) in [5, 5.41) is -0.157. The number of pyridine rings is 1. The van der Waals surface area contributed by atoms with Gasteiger partial charge in [-0.15, -0.1) is 0 Å². The van der Waals surface area contributed by atoms with Crippen LogP contribution in [0.4, 0.5) is 4.39 Å². The van der Waals surface area contributed by atoms with Gasteiger partial charge in [-0.2, -0.15) is 0 Å². The molecule has 7 heteroatoms. The predicted molar refractivity (Wildman–Crippen MR) is 74.4 cm³/mol. The predicted octanol–water partition coefficient (Wildman–Crippen LogP) is 2.91. The van der Waals surface area contributed by atoms with Crippen molar-refractivity contribution in [2.24, 2.45) is 0 Å². The molecule has 0 aliphatic heterocycles. The van der Waals surface area contributed by atoms with E-state index in [1.54, 1.807) is 31.5 Å². The van der Waals surface area contributed by atoms with Gasteiger partial charge in [0.05, 0.1) is 5.02 Å². The molecule has 0 fully saturated rings. The van der Waals surface area contributed by atoms with Gasteiger partial charge in [0, 0.05) is 18.4 Å². The topological polar surface area (TPSA) is 59.1 Å². The first-order valence-electron chi connectivity index (χ1n) is 5.77. The van der Waals surface area contributed by atoms with Gasteiger partial charge < -0.3 is 0 Å². The molecule has 0 bridgehead atoms. The number of halogens is 2. The highest BCUT2D eigenvalue weighted by atomic mass is 35.5. The Morgan fingerprint density at radius 1 is 1.35 bits per heavy atom. The Labute approximate surface area is 121 Å². The van der Waals surface area contributed by atoms with Crippen LogP contribution in [0, 0.1) is 5.82 Å². The monoisotopic (exact) mass is 314 g/mol. The van der Waals surface area contributed by atoms with E-state index in [0.29, 0.717) is 5.56 Å². The van der Waals surface area contributed by atoms with Crippen molar-refractivity contribution in [3.8, 4) is 0 Å². The van der Waals surface area contributed by atoms with Crippen LogP contribution in [0.1, 0.15) is 18.5 Å². The molecule has 2 rings (SSSR count). The molecule has 0 aliphatic rings. The quantitative estimate of drug-likeness (QED) is 0.944. The highest BCUT2D eigenvalue weighted by molar-refractivity contribution is 7.89. The van der Waals surface area contributed by atoms with Crippen LogP contribution in [0.5, 0.6) is 0 Å². The minimum absolute atomic E-state index is 0.156. The fourth-order valence-electron chi connectivity index (χ4n) is 1.69. The van der Waals surface area contributed by atoms with Gasteiger partial charge >= 0.3 is 0 Å². The molecule has 0 saturated carbocycles. The third kappa shape index (κ3) is 3.33. The number of nitrogens with zero attached hydrogens (tertiary/aromatic N) is 1. The van der Waals surface area contributed by atoms with E-state index in [4.69, 9.17) is 11.6 Å². The molecule has 20 heavy (non-hydrogen) atoms. The van der Waals surface area contributed by atoms with Gasteiger partial charge in [0.1, 0.15) is 10.7 Å². The Hall–Kier alpha value is -1.50. The molecular weight excluding hydrogens is 303 g/mol. The van der Waals surface area contributed by atoms with Gasteiger partial charge in [0.2, 0.25) is 10.0 Å². The molecule has 1 unspecified atom stereocenters. The van der Waals surface area contributed by atoms with Crippen molar-refractivity contribution in [1.29, 1.82) is 0 Å². The lowest BCUT2D eigenvalue weighted by molar-refractivity contribution is 0.566. The first kappa shape index (κ1) is 14.9. The van der Waals surface area contributed by atoms with Crippen LogP contribution in [-0.2, 0) is 10.0 Å². The van der Waals surface area contributed by atoms with Crippen LogP contribution in [0.15, 0.2) is 47.6 Å². The van der Waals surface area contributed by atoms with Crippen LogP contribution in [0.3, 0.4) is 0 Å². The molecule has 0 saturated heterocycles. The normalized spacial score (nSPS) is 13.2. The summed E-state index contributed by atoms with van der Waals surface area (Å²) in [6.07, 6.45) is 3.17. The summed E-state index contributed by atoms with van der Waals surface area (Å²) in [4.78, 5) is 3.77. The maximum Gasteiger partial charge on any atom is 0.242 e. The van der Waals surface area contributed by atoms with E-state index in [-0.39, 0.29) is 9.92 Å². The lowest BCUT2D eigenvalue weighted by Crippen LogP contribution is -2.27. The molecule has 0 spiro atoms. The van der Waals surface area contributed by atoms with Crippen molar-refractivity contribution in [1.82, 2.24) is 9.71 Å². The third-order valence-corrected chi connectivity index (χ3v) is 4.72. The Bertz CT molecular complexity index is 708. The highest BCUT2D eigenvalue weighted by Crippen LogP contribution is 2.24. The second-order valence-corrected chi connectivity index (χ2v) is 6.29. The average molecular weight is 315 g/mol. The Balaban J connectivity index is 2.28. The molecule has 0 amide bonds. The molecule has 1 atom stereocenters. The SMILES string of the molecule is CC(NS(=O)(=O)c1ccc(F)cc1Cl)c1cccnc1. The van der Waals surface area contributed by atoms with Crippen molar-refractivity contribution in [3.63, 3.8) is 0 Å². The molecule has 4 nitrogen and oxygen atoms in total. The van der Waals surface area contributed by atoms with Gasteiger partial charge in [0.15, 0.2) is 0 Å². The fourth-order valence-corrected chi connectivity index (χ4v) is 3.45. The van der Waals surface area contributed by atoms with Gasteiger partial charge in [-0.3, -0.25) is 4.98 Å². The Morgan fingerprint density at radius 3 is 2.70 bits per heavy atom. The van der Waals surface area contributed by atoms with Crippen molar-refractivity contribution < 1.29 is 12.8 Å². The van der Waals surface area contributed by atoms with Crippen LogP contribution in [0.2, 0.25) is 5.02 Å². The minimum Gasteiger partial charge on any atom is -0.264 e. The molecule has 1 aromatic carbocycles.